The van der Waals surface area contributed by atoms with Gasteiger partial charge in [0.05, 0.1) is 16.1 Å². The van der Waals surface area contributed by atoms with Crippen LogP contribution in [0.5, 0.6) is 0 Å². The predicted octanol–water partition coefficient (Wildman–Crippen LogP) is 2.70. The fourth-order valence-electron chi connectivity index (χ4n) is 1.51. The molecule has 18 heavy (non-hydrogen) atoms. The molecular formula is C11H8ClN5S. The van der Waals surface area contributed by atoms with Crippen LogP contribution >= 0.6 is 22.9 Å². The molecule has 0 saturated heterocycles. The molecule has 2 aromatic heterocycles. The van der Waals surface area contributed by atoms with Gasteiger partial charge in [0.25, 0.3) is 0 Å². The second-order valence-corrected chi connectivity index (χ2v) is 4.70. The van der Waals surface area contributed by atoms with Crippen LogP contribution in [0.2, 0.25) is 0 Å². The topological polar surface area (TPSA) is 87.4 Å². The van der Waals surface area contributed by atoms with Crippen molar-refractivity contribution in [3.8, 4) is 6.07 Å². The number of rotatable bonds is 2. The summed E-state index contributed by atoms with van der Waals surface area (Å²) in [6.45, 7) is 3.51. The van der Waals surface area contributed by atoms with Crippen LogP contribution in [0.3, 0.4) is 0 Å². The van der Waals surface area contributed by atoms with E-state index in [9.17, 15) is 0 Å². The summed E-state index contributed by atoms with van der Waals surface area (Å²) in [6, 6.07) is 3.62. The Hall–Kier alpha value is -1.97. The number of aliphatic imine (C=N–C) groups is 2. The lowest BCUT2D eigenvalue weighted by atomic mass is 10.2. The zero-order chi connectivity index (χ0) is 13.3. The number of halogens is 1. The molecule has 2 rings (SSSR count). The van der Waals surface area contributed by atoms with Crippen LogP contribution in [-0.2, 0) is 0 Å². The van der Waals surface area contributed by atoms with Gasteiger partial charge in [0, 0.05) is 12.4 Å². The highest BCUT2D eigenvalue weighted by atomic mass is 35.5. The van der Waals surface area contributed by atoms with E-state index in [1.54, 1.807) is 13.1 Å². The monoisotopic (exact) mass is 277 g/mol. The fraction of sp³-hybridized carbons (Fsp3) is 0.0909. The molecule has 2 aromatic rings. The number of thiophene rings is 1. The van der Waals surface area contributed by atoms with Gasteiger partial charge in [0.2, 0.25) is 0 Å². The number of anilines is 1. The lowest BCUT2D eigenvalue weighted by Crippen LogP contribution is -1.93. The van der Waals surface area contributed by atoms with Crippen LogP contribution in [-0.4, -0.2) is 23.9 Å². The number of aromatic nitrogens is 1. The number of nitrogens with zero attached hydrogens (tertiary/aromatic N) is 4. The third kappa shape index (κ3) is 1.83. The standard InChI is InChI=1S/C11H8ClN5S/c1-15-7-6-3-5(4-13)10(14)17-11(6)18-8(7)9(12)16-2/h3H,1H2,2H3,(H2,14,17). The largest absolute Gasteiger partial charge is 0.383 e. The molecule has 0 bridgehead atoms. The molecule has 0 aliphatic rings. The van der Waals surface area contributed by atoms with E-state index in [0.29, 0.717) is 31.5 Å². The lowest BCUT2D eigenvalue weighted by molar-refractivity contribution is 1.40. The number of nitrogen functional groups attached to an aromatic ring is 1. The second-order valence-electron chi connectivity index (χ2n) is 3.34. The van der Waals surface area contributed by atoms with E-state index in [0.717, 1.165) is 0 Å². The molecule has 2 heterocycles. The Balaban J connectivity index is 2.87. The summed E-state index contributed by atoms with van der Waals surface area (Å²) in [5, 5.41) is 9.98. The third-order valence-electron chi connectivity index (χ3n) is 2.35. The van der Waals surface area contributed by atoms with E-state index in [4.69, 9.17) is 22.6 Å². The maximum atomic E-state index is 8.94. The zero-order valence-corrected chi connectivity index (χ0v) is 11.0. The molecule has 0 amide bonds. The van der Waals surface area contributed by atoms with Crippen LogP contribution in [0.15, 0.2) is 16.1 Å². The van der Waals surface area contributed by atoms with Gasteiger partial charge >= 0.3 is 0 Å². The number of pyridine rings is 1. The first-order chi connectivity index (χ1) is 8.62. The number of hydrogen-bond donors (Lipinski definition) is 1. The molecule has 7 heteroatoms. The molecule has 0 spiro atoms. The van der Waals surface area contributed by atoms with Crippen molar-refractivity contribution in [1.29, 1.82) is 5.26 Å². The molecule has 0 aromatic carbocycles. The SMILES string of the molecule is C=Nc1c(C(Cl)=NC)sc2nc(N)c(C#N)cc12. The van der Waals surface area contributed by atoms with Gasteiger partial charge in [-0.05, 0) is 12.8 Å². The van der Waals surface area contributed by atoms with E-state index < -0.39 is 0 Å². The first-order valence-electron chi connectivity index (χ1n) is 4.84. The Morgan fingerprint density at radius 1 is 1.67 bits per heavy atom. The van der Waals surface area contributed by atoms with Gasteiger partial charge in [0.1, 0.15) is 21.9 Å². The van der Waals surface area contributed by atoms with E-state index in [1.807, 2.05) is 6.07 Å². The molecule has 90 valence electrons. The van der Waals surface area contributed by atoms with Crippen molar-refractivity contribution >= 4 is 56.5 Å². The number of nitrogens with two attached hydrogens (primary N) is 1. The molecule has 2 N–H and O–H groups in total. The summed E-state index contributed by atoms with van der Waals surface area (Å²) in [5.74, 6) is 0.193. The Morgan fingerprint density at radius 3 is 2.94 bits per heavy atom. The zero-order valence-electron chi connectivity index (χ0n) is 9.44. The maximum Gasteiger partial charge on any atom is 0.143 e. The Bertz CT molecular complexity index is 710. The van der Waals surface area contributed by atoms with Crippen LogP contribution < -0.4 is 5.73 Å². The molecule has 0 radical (unpaired) electrons. The molecule has 0 unspecified atom stereocenters. The van der Waals surface area contributed by atoms with Crippen molar-refractivity contribution in [3.05, 3.63) is 16.5 Å². The van der Waals surface area contributed by atoms with Crippen LogP contribution in [0, 0.1) is 11.3 Å². The summed E-state index contributed by atoms with van der Waals surface area (Å²) < 4.78 is 0. The summed E-state index contributed by atoms with van der Waals surface area (Å²) in [4.78, 5) is 13.3. The Morgan fingerprint density at radius 2 is 2.39 bits per heavy atom. The van der Waals surface area contributed by atoms with Crippen LogP contribution in [0.1, 0.15) is 10.4 Å². The highest BCUT2D eigenvalue weighted by molar-refractivity contribution is 7.22. The summed E-state index contributed by atoms with van der Waals surface area (Å²) in [6.07, 6.45) is 0. The molecule has 5 nitrogen and oxygen atoms in total. The van der Waals surface area contributed by atoms with Crippen molar-refractivity contribution in [1.82, 2.24) is 4.98 Å². The molecule has 0 atom stereocenters. The molecule has 0 saturated carbocycles. The Labute approximate surface area is 112 Å². The lowest BCUT2D eigenvalue weighted by Gasteiger charge is -1.97. The molecule has 0 aliphatic heterocycles. The third-order valence-corrected chi connectivity index (χ3v) is 3.91. The molecular weight excluding hydrogens is 270 g/mol. The van der Waals surface area contributed by atoms with Crippen molar-refractivity contribution in [2.24, 2.45) is 9.98 Å². The van der Waals surface area contributed by atoms with Gasteiger partial charge in [0.15, 0.2) is 0 Å². The first-order valence-corrected chi connectivity index (χ1v) is 6.04. The van der Waals surface area contributed by atoms with E-state index in [1.165, 1.54) is 11.3 Å². The van der Waals surface area contributed by atoms with Crippen molar-refractivity contribution in [3.63, 3.8) is 0 Å². The van der Waals surface area contributed by atoms with Crippen molar-refractivity contribution < 1.29 is 0 Å². The Kier molecular flexibility index (Phi) is 3.28. The smallest absolute Gasteiger partial charge is 0.143 e. The van der Waals surface area contributed by atoms with Gasteiger partial charge in [-0.15, -0.1) is 11.3 Å². The number of nitriles is 1. The normalized spacial score (nSPS) is 11.5. The van der Waals surface area contributed by atoms with Gasteiger partial charge in [-0.25, -0.2) is 4.98 Å². The minimum atomic E-state index is 0.193. The molecule has 0 fully saturated rings. The van der Waals surface area contributed by atoms with Gasteiger partial charge in [-0.3, -0.25) is 9.98 Å². The van der Waals surface area contributed by atoms with Crippen LogP contribution in [0.25, 0.3) is 10.2 Å². The summed E-state index contributed by atoms with van der Waals surface area (Å²) >= 11 is 7.33. The molecule has 0 aliphatic carbocycles. The van der Waals surface area contributed by atoms with Gasteiger partial charge in [-0.2, -0.15) is 5.26 Å². The van der Waals surface area contributed by atoms with E-state index in [-0.39, 0.29) is 5.82 Å². The van der Waals surface area contributed by atoms with Crippen molar-refractivity contribution in [2.75, 3.05) is 12.8 Å². The minimum absolute atomic E-state index is 0.193. The fourth-order valence-corrected chi connectivity index (χ4v) is 2.77. The first kappa shape index (κ1) is 12.5. The quantitative estimate of drug-likeness (QED) is 0.856. The number of fused-ring (bicyclic) bond motifs is 1. The van der Waals surface area contributed by atoms with Crippen LogP contribution in [0.4, 0.5) is 11.5 Å². The highest BCUT2D eigenvalue weighted by Crippen LogP contribution is 2.39. The van der Waals surface area contributed by atoms with Crippen molar-refractivity contribution in [2.45, 2.75) is 0 Å². The summed E-state index contributed by atoms with van der Waals surface area (Å²) in [5.41, 5.74) is 6.56. The number of hydrogen-bond acceptors (Lipinski definition) is 6. The highest BCUT2D eigenvalue weighted by Gasteiger charge is 2.17. The van der Waals surface area contributed by atoms with E-state index >= 15 is 0 Å². The maximum absolute atomic E-state index is 8.94. The average molecular weight is 278 g/mol. The van der Waals surface area contributed by atoms with Gasteiger partial charge < -0.3 is 5.73 Å². The minimum Gasteiger partial charge on any atom is -0.383 e. The predicted molar refractivity (Wildman–Crippen MR) is 76.3 cm³/mol. The van der Waals surface area contributed by atoms with E-state index in [2.05, 4.69) is 21.7 Å². The average Bonchev–Trinajstić information content (AvgIpc) is 2.73. The van der Waals surface area contributed by atoms with Gasteiger partial charge in [-0.1, -0.05) is 11.6 Å². The summed E-state index contributed by atoms with van der Waals surface area (Å²) in [7, 11) is 1.59. The second kappa shape index (κ2) is 4.72.